The van der Waals surface area contributed by atoms with Crippen molar-refractivity contribution in [3.05, 3.63) is 154 Å². The van der Waals surface area contributed by atoms with E-state index in [9.17, 15) is 14.9 Å². The van der Waals surface area contributed by atoms with Gasteiger partial charge in [0, 0.05) is 17.7 Å². The van der Waals surface area contributed by atoms with Gasteiger partial charge in [0.05, 0.1) is 34.9 Å². The quantitative estimate of drug-likeness (QED) is 0.139. The van der Waals surface area contributed by atoms with Crippen molar-refractivity contribution in [2.24, 2.45) is 4.99 Å². The molecule has 5 aromatic rings. The Labute approximate surface area is 274 Å². The Morgan fingerprint density at radius 2 is 1.77 bits per heavy atom. The fraction of sp³-hybridized carbons (Fsp3) is 0.189. The fourth-order valence-electron chi connectivity index (χ4n) is 6.14. The summed E-state index contributed by atoms with van der Waals surface area (Å²) in [5.74, 6) is 1.84. The highest BCUT2D eigenvalue weighted by molar-refractivity contribution is 7.07. The summed E-state index contributed by atoms with van der Waals surface area (Å²) in [7, 11) is 1.64. The van der Waals surface area contributed by atoms with Crippen molar-refractivity contribution >= 4 is 28.8 Å². The number of benzene rings is 4. The summed E-state index contributed by atoms with van der Waals surface area (Å²) in [6, 6.07) is 27.8. The zero-order valence-corrected chi connectivity index (χ0v) is 26.7. The van der Waals surface area contributed by atoms with Crippen LogP contribution in [0.1, 0.15) is 47.2 Å². The van der Waals surface area contributed by atoms with Gasteiger partial charge in [-0.2, -0.15) is 0 Å². The summed E-state index contributed by atoms with van der Waals surface area (Å²) < 4.78 is 19.8. The lowest BCUT2D eigenvalue weighted by atomic mass is 9.83. The molecule has 4 aromatic carbocycles. The van der Waals surface area contributed by atoms with Crippen molar-refractivity contribution in [1.82, 2.24) is 4.57 Å². The monoisotopic (exact) mass is 645 g/mol. The van der Waals surface area contributed by atoms with Gasteiger partial charge in [-0.3, -0.25) is 19.5 Å². The molecule has 0 fully saturated rings. The number of fused-ring (bicyclic) bond motifs is 3. The van der Waals surface area contributed by atoms with Crippen LogP contribution in [-0.2, 0) is 13.0 Å². The van der Waals surface area contributed by atoms with Gasteiger partial charge in [0.25, 0.3) is 11.2 Å². The maximum atomic E-state index is 14.2. The molecule has 0 unspecified atom stereocenters. The first-order valence-corrected chi connectivity index (χ1v) is 16.1. The summed E-state index contributed by atoms with van der Waals surface area (Å²) in [4.78, 5) is 30.5. The number of nitro benzene ring substituents is 1. The van der Waals surface area contributed by atoms with E-state index in [2.05, 4.69) is 18.2 Å². The standard InChI is InChI=1S/C37H31N3O6S/c1-3-45-32-20-24(10-19-31(32)46-22-23-8-14-27(15-9-23)40(42)43)21-33-36(41)39-35(26-11-16-28(44-2)17-12-26)30-18-13-25-6-4-5-7-29(25)34(30)38-37(39)47-33/h4-12,14-17,19-21,35H,3,13,18,22H2,1-2H3/b33-21+/t35-/m0/s1. The number of thiazole rings is 1. The topological polar surface area (TPSA) is 105 Å². The molecule has 0 radical (unpaired) electrons. The lowest BCUT2D eigenvalue weighted by Gasteiger charge is -2.30. The maximum Gasteiger partial charge on any atom is 0.271 e. The Morgan fingerprint density at radius 3 is 2.51 bits per heavy atom. The molecular formula is C37H31N3O6S. The molecular weight excluding hydrogens is 614 g/mol. The largest absolute Gasteiger partial charge is 0.497 e. The van der Waals surface area contributed by atoms with Crippen LogP contribution in [0, 0.1) is 10.1 Å². The van der Waals surface area contributed by atoms with Crippen LogP contribution in [0.4, 0.5) is 5.69 Å². The lowest BCUT2D eigenvalue weighted by molar-refractivity contribution is -0.384. The summed E-state index contributed by atoms with van der Waals surface area (Å²) >= 11 is 1.38. The highest BCUT2D eigenvalue weighted by Gasteiger charge is 2.32. The van der Waals surface area contributed by atoms with Gasteiger partial charge in [0.1, 0.15) is 12.4 Å². The van der Waals surface area contributed by atoms with Crippen LogP contribution in [0.2, 0.25) is 0 Å². The molecule has 0 spiro atoms. The van der Waals surface area contributed by atoms with Gasteiger partial charge in [-0.1, -0.05) is 53.8 Å². The van der Waals surface area contributed by atoms with Gasteiger partial charge >= 0.3 is 0 Å². The van der Waals surface area contributed by atoms with Gasteiger partial charge < -0.3 is 14.2 Å². The number of rotatable bonds is 9. The number of hydrogen-bond donors (Lipinski definition) is 0. The number of aryl methyl sites for hydroxylation is 1. The molecule has 1 aromatic heterocycles. The minimum absolute atomic E-state index is 0.0266. The van der Waals surface area contributed by atoms with E-state index in [1.807, 2.05) is 66.1 Å². The Morgan fingerprint density at radius 1 is 0.979 bits per heavy atom. The molecule has 0 saturated carbocycles. The molecule has 0 N–H and O–H groups in total. The third-order valence-electron chi connectivity index (χ3n) is 8.41. The number of methoxy groups -OCH3 is 1. The Bertz CT molecular complexity index is 2200. The first-order chi connectivity index (χ1) is 22.9. The van der Waals surface area contributed by atoms with Gasteiger partial charge in [0.15, 0.2) is 16.3 Å². The minimum atomic E-state index is -0.431. The maximum absolute atomic E-state index is 14.2. The zero-order chi connectivity index (χ0) is 32.5. The Balaban J connectivity index is 1.27. The van der Waals surface area contributed by atoms with Crippen LogP contribution in [0.3, 0.4) is 0 Å². The van der Waals surface area contributed by atoms with Crippen molar-refractivity contribution in [2.45, 2.75) is 32.4 Å². The molecule has 0 saturated heterocycles. The van der Waals surface area contributed by atoms with E-state index < -0.39 is 4.92 Å². The SMILES string of the molecule is CCOc1cc(/C=c2/sc3n(c2=O)[C@@H](c2ccc(OC)cc2)C2=C(N=3)c3ccccc3CC2)ccc1OCc1ccc([N+](=O)[O-])cc1. The van der Waals surface area contributed by atoms with E-state index >= 15 is 0 Å². The molecule has 9 nitrogen and oxygen atoms in total. The smallest absolute Gasteiger partial charge is 0.271 e. The third-order valence-corrected chi connectivity index (χ3v) is 9.39. The van der Waals surface area contributed by atoms with Crippen LogP contribution in [-0.4, -0.2) is 23.2 Å². The average Bonchev–Trinajstić information content (AvgIpc) is 3.41. The first kappa shape index (κ1) is 30.2. The number of nitro groups is 1. The van der Waals surface area contributed by atoms with E-state index in [-0.39, 0.29) is 23.9 Å². The van der Waals surface area contributed by atoms with Gasteiger partial charge in [-0.25, -0.2) is 4.99 Å². The molecule has 1 aliphatic carbocycles. The Kier molecular flexibility index (Phi) is 8.17. The second-order valence-corrected chi connectivity index (χ2v) is 12.2. The van der Waals surface area contributed by atoms with E-state index in [1.165, 1.54) is 29.0 Å². The molecule has 0 amide bonds. The number of nitrogens with zero attached hydrogens (tertiary/aromatic N) is 3. The van der Waals surface area contributed by atoms with Crippen molar-refractivity contribution in [3.63, 3.8) is 0 Å². The summed E-state index contributed by atoms with van der Waals surface area (Å²) in [5.41, 5.74) is 6.99. The van der Waals surface area contributed by atoms with E-state index in [0.717, 1.165) is 52.1 Å². The van der Waals surface area contributed by atoms with Crippen molar-refractivity contribution in [1.29, 1.82) is 0 Å². The first-order valence-electron chi connectivity index (χ1n) is 15.3. The molecule has 1 aliphatic heterocycles. The molecule has 2 aliphatic rings. The average molecular weight is 646 g/mol. The van der Waals surface area contributed by atoms with Crippen LogP contribution in [0.5, 0.6) is 17.2 Å². The molecule has 10 heteroatoms. The zero-order valence-electron chi connectivity index (χ0n) is 25.8. The molecule has 0 bridgehead atoms. The van der Waals surface area contributed by atoms with E-state index in [4.69, 9.17) is 19.2 Å². The van der Waals surface area contributed by atoms with Crippen molar-refractivity contribution < 1.29 is 19.1 Å². The normalized spacial score (nSPS) is 15.3. The minimum Gasteiger partial charge on any atom is -0.497 e. The third kappa shape index (κ3) is 5.83. The number of non-ortho nitro benzene ring substituents is 1. The number of hydrogen-bond acceptors (Lipinski definition) is 8. The number of allylic oxidation sites excluding steroid dienone is 1. The van der Waals surface area contributed by atoms with Gasteiger partial charge in [-0.15, -0.1) is 0 Å². The molecule has 7 rings (SSSR count). The van der Waals surface area contributed by atoms with Gasteiger partial charge in [-0.05, 0) is 90.1 Å². The van der Waals surface area contributed by atoms with Crippen LogP contribution in [0.15, 0.2) is 106 Å². The number of ether oxygens (including phenoxy) is 3. The van der Waals surface area contributed by atoms with Crippen LogP contribution < -0.4 is 29.1 Å². The molecule has 1 atom stereocenters. The fourth-order valence-corrected chi connectivity index (χ4v) is 7.14. The molecule has 236 valence electrons. The highest BCUT2D eigenvalue weighted by Crippen LogP contribution is 2.41. The highest BCUT2D eigenvalue weighted by atomic mass is 32.1. The second-order valence-electron chi connectivity index (χ2n) is 11.2. The lowest BCUT2D eigenvalue weighted by Crippen LogP contribution is -2.38. The van der Waals surface area contributed by atoms with Gasteiger partial charge in [0.2, 0.25) is 0 Å². The van der Waals surface area contributed by atoms with Crippen LogP contribution >= 0.6 is 11.3 Å². The summed E-state index contributed by atoms with van der Waals surface area (Å²) in [5, 5.41) is 11.0. The van der Waals surface area contributed by atoms with E-state index in [1.54, 1.807) is 19.2 Å². The van der Waals surface area contributed by atoms with Crippen LogP contribution in [0.25, 0.3) is 11.8 Å². The summed E-state index contributed by atoms with van der Waals surface area (Å²) in [6.07, 6.45) is 3.57. The molecule has 2 heterocycles. The van der Waals surface area contributed by atoms with Crippen molar-refractivity contribution in [3.8, 4) is 17.2 Å². The summed E-state index contributed by atoms with van der Waals surface area (Å²) in [6.45, 7) is 2.54. The predicted molar refractivity (Wildman–Crippen MR) is 181 cm³/mol. The Hall–Kier alpha value is -5.48. The predicted octanol–water partition coefficient (Wildman–Crippen LogP) is 6.21. The van der Waals surface area contributed by atoms with E-state index in [0.29, 0.717) is 27.4 Å². The molecule has 47 heavy (non-hydrogen) atoms. The number of aromatic nitrogens is 1. The van der Waals surface area contributed by atoms with Crippen molar-refractivity contribution in [2.75, 3.05) is 13.7 Å². The second kappa shape index (κ2) is 12.7.